The summed E-state index contributed by atoms with van der Waals surface area (Å²) in [5.41, 5.74) is 7.40. The maximum atomic E-state index is 5.60. The van der Waals surface area contributed by atoms with Crippen molar-refractivity contribution in [2.24, 2.45) is 0 Å². The van der Waals surface area contributed by atoms with Crippen molar-refractivity contribution in [3.63, 3.8) is 0 Å². The van der Waals surface area contributed by atoms with Gasteiger partial charge in [-0.2, -0.15) is 5.10 Å². The zero-order valence-corrected chi connectivity index (χ0v) is 9.26. The molecule has 0 atom stereocenters. The number of nitrogens with zero attached hydrogens (tertiary/aromatic N) is 2. The quantitative estimate of drug-likeness (QED) is 0.797. The normalized spacial score (nSPS) is 10.3. The summed E-state index contributed by atoms with van der Waals surface area (Å²) in [5, 5.41) is 4.18. The van der Waals surface area contributed by atoms with Gasteiger partial charge in [0, 0.05) is 24.0 Å². The molecule has 0 amide bonds. The fourth-order valence-electron chi connectivity index (χ4n) is 1.38. The smallest absolute Gasteiger partial charge is 0.119 e. The van der Waals surface area contributed by atoms with Gasteiger partial charge in [0.1, 0.15) is 12.4 Å². The lowest BCUT2D eigenvalue weighted by molar-refractivity contribution is 0.306. The van der Waals surface area contributed by atoms with Crippen molar-refractivity contribution in [2.75, 3.05) is 5.73 Å². The van der Waals surface area contributed by atoms with Crippen LogP contribution in [-0.4, -0.2) is 9.78 Å². The Morgan fingerprint density at radius 2 is 2.06 bits per heavy atom. The van der Waals surface area contributed by atoms with E-state index in [4.69, 9.17) is 10.5 Å². The molecule has 0 aliphatic carbocycles. The summed E-state index contributed by atoms with van der Waals surface area (Å²) in [6, 6.07) is 7.37. The van der Waals surface area contributed by atoms with E-state index < -0.39 is 0 Å². The molecule has 0 fully saturated rings. The Morgan fingerprint density at radius 1 is 1.31 bits per heavy atom. The minimum atomic E-state index is 0.532. The number of ether oxygens (including phenoxy) is 1. The maximum Gasteiger partial charge on any atom is 0.119 e. The highest BCUT2D eigenvalue weighted by Crippen LogP contribution is 2.14. The number of nitrogen functional groups attached to an aromatic ring is 1. The summed E-state index contributed by atoms with van der Waals surface area (Å²) in [5.74, 6) is 0.818. The molecule has 0 aliphatic heterocycles. The van der Waals surface area contributed by atoms with Crippen molar-refractivity contribution in [1.82, 2.24) is 9.78 Å². The standard InChI is InChI=1S/C12H15N3O/c1-2-15-8-10(7-14-15)9-16-12-5-3-11(13)4-6-12/h3-8H,2,9,13H2,1H3. The predicted molar refractivity (Wildman–Crippen MR) is 63.1 cm³/mol. The van der Waals surface area contributed by atoms with E-state index in [0.717, 1.165) is 23.5 Å². The van der Waals surface area contributed by atoms with Gasteiger partial charge in [-0.25, -0.2) is 0 Å². The Morgan fingerprint density at radius 3 is 2.69 bits per heavy atom. The zero-order valence-electron chi connectivity index (χ0n) is 9.26. The molecular weight excluding hydrogens is 202 g/mol. The first-order chi connectivity index (χ1) is 7.78. The fraction of sp³-hybridized carbons (Fsp3) is 0.250. The second-order valence-corrected chi connectivity index (χ2v) is 3.56. The van der Waals surface area contributed by atoms with Gasteiger partial charge in [-0.3, -0.25) is 4.68 Å². The molecule has 16 heavy (non-hydrogen) atoms. The van der Waals surface area contributed by atoms with Crippen molar-refractivity contribution < 1.29 is 4.74 Å². The molecule has 0 saturated heterocycles. The molecule has 2 rings (SSSR count). The van der Waals surface area contributed by atoms with Gasteiger partial charge in [-0.15, -0.1) is 0 Å². The van der Waals surface area contributed by atoms with Gasteiger partial charge in [-0.1, -0.05) is 0 Å². The third-order valence-corrected chi connectivity index (χ3v) is 2.30. The molecule has 0 spiro atoms. The Bertz CT molecular complexity index is 448. The first kappa shape index (κ1) is 10.5. The predicted octanol–water partition coefficient (Wildman–Crippen LogP) is 2.06. The number of aromatic nitrogens is 2. The van der Waals surface area contributed by atoms with Crippen molar-refractivity contribution in [1.29, 1.82) is 0 Å². The maximum absolute atomic E-state index is 5.60. The van der Waals surface area contributed by atoms with Crippen LogP contribution in [0.4, 0.5) is 5.69 Å². The lowest BCUT2D eigenvalue weighted by Crippen LogP contribution is -1.95. The van der Waals surface area contributed by atoms with E-state index >= 15 is 0 Å². The van der Waals surface area contributed by atoms with Crippen LogP contribution in [0.1, 0.15) is 12.5 Å². The van der Waals surface area contributed by atoms with Gasteiger partial charge in [0.15, 0.2) is 0 Å². The Labute approximate surface area is 94.6 Å². The van der Waals surface area contributed by atoms with Crippen LogP contribution >= 0.6 is 0 Å². The van der Waals surface area contributed by atoms with Crippen molar-refractivity contribution >= 4 is 5.69 Å². The van der Waals surface area contributed by atoms with E-state index in [0.29, 0.717) is 6.61 Å². The number of hydrogen-bond donors (Lipinski definition) is 1. The Kier molecular flexibility index (Phi) is 3.10. The van der Waals surface area contributed by atoms with E-state index in [1.54, 1.807) is 0 Å². The van der Waals surface area contributed by atoms with Crippen LogP contribution < -0.4 is 10.5 Å². The van der Waals surface area contributed by atoms with Crippen LogP contribution in [0.15, 0.2) is 36.7 Å². The van der Waals surface area contributed by atoms with Gasteiger partial charge in [0.25, 0.3) is 0 Å². The second-order valence-electron chi connectivity index (χ2n) is 3.56. The molecule has 84 valence electrons. The molecule has 1 aromatic carbocycles. The molecule has 4 nitrogen and oxygen atoms in total. The van der Waals surface area contributed by atoms with E-state index in [1.807, 2.05) is 41.3 Å². The van der Waals surface area contributed by atoms with Crippen LogP contribution in [0.5, 0.6) is 5.75 Å². The molecule has 0 radical (unpaired) electrons. The number of hydrogen-bond acceptors (Lipinski definition) is 3. The third-order valence-electron chi connectivity index (χ3n) is 2.30. The second kappa shape index (κ2) is 4.70. The SMILES string of the molecule is CCn1cc(COc2ccc(N)cc2)cn1. The monoisotopic (exact) mass is 217 g/mol. The average molecular weight is 217 g/mol. The lowest BCUT2D eigenvalue weighted by atomic mass is 10.3. The number of anilines is 1. The molecule has 0 bridgehead atoms. The summed E-state index contributed by atoms with van der Waals surface area (Å²) in [4.78, 5) is 0. The van der Waals surface area contributed by atoms with E-state index in [9.17, 15) is 0 Å². The van der Waals surface area contributed by atoms with Gasteiger partial charge in [-0.05, 0) is 31.2 Å². The van der Waals surface area contributed by atoms with Crippen molar-refractivity contribution in [3.05, 3.63) is 42.2 Å². The average Bonchev–Trinajstić information content (AvgIpc) is 2.76. The summed E-state index contributed by atoms with van der Waals surface area (Å²) >= 11 is 0. The number of nitrogens with two attached hydrogens (primary N) is 1. The molecular formula is C12H15N3O. The molecule has 2 N–H and O–H groups in total. The summed E-state index contributed by atoms with van der Waals surface area (Å²) in [6.07, 6.45) is 3.80. The Hall–Kier alpha value is -1.97. The molecule has 2 aromatic rings. The minimum Gasteiger partial charge on any atom is -0.489 e. The summed E-state index contributed by atoms with van der Waals surface area (Å²) in [6.45, 7) is 3.46. The summed E-state index contributed by atoms with van der Waals surface area (Å²) < 4.78 is 7.47. The van der Waals surface area contributed by atoms with Gasteiger partial charge < -0.3 is 10.5 Å². The van der Waals surface area contributed by atoms with Crippen molar-refractivity contribution in [2.45, 2.75) is 20.1 Å². The molecule has 0 saturated carbocycles. The topological polar surface area (TPSA) is 53.1 Å². The van der Waals surface area contributed by atoms with Gasteiger partial charge >= 0.3 is 0 Å². The van der Waals surface area contributed by atoms with E-state index in [1.165, 1.54) is 0 Å². The summed E-state index contributed by atoms with van der Waals surface area (Å²) in [7, 11) is 0. The molecule has 0 aliphatic rings. The number of aryl methyl sites for hydroxylation is 1. The van der Waals surface area contributed by atoms with Crippen LogP contribution in [0, 0.1) is 0 Å². The van der Waals surface area contributed by atoms with Crippen molar-refractivity contribution in [3.8, 4) is 5.75 Å². The first-order valence-corrected chi connectivity index (χ1v) is 5.27. The molecule has 1 aromatic heterocycles. The molecule has 1 heterocycles. The highest BCUT2D eigenvalue weighted by molar-refractivity contribution is 5.41. The fourth-order valence-corrected chi connectivity index (χ4v) is 1.38. The van der Waals surface area contributed by atoms with Crippen LogP contribution in [-0.2, 0) is 13.2 Å². The van der Waals surface area contributed by atoms with Crippen LogP contribution in [0.3, 0.4) is 0 Å². The van der Waals surface area contributed by atoms with Crippen LogP contribution in [0.2, 0.25) is 0 Å². The van der Waals surface area contributed by atoms with E-state index in [2.05, 4.69) is 12.0 Å². The first-order valence-electron chi connectivity index (χ1n) is 5.27. The molecule has 4 heteroatoms. The largest absolute Gasteiger partial charge is 0.489 e. The third kappa shape index (κ3) is 2.53. The number of rotatable bonds is 4. The van der Waals surface area contributed by atoms with E-state index in [-0.39, 0.29) is 0 Å². The highest BCUT2D eigenvalue weighted by Gasteiger charge is 1.98. The van der Waals surface area contributed by atoms with Gasteiger partial charge in [0.05, 0.1) is 6.20 Å². The minimum absolute atomic E-state index is 0.532. The van der Waals surface area contributed by atoms with Gasteiger partial charge in [0.2, 0.25) is 0 Å². The highest BCUT2D eigenvalue weighted by atomic mass is 16.5. The molecule has 0 unspecified atom stereocenters. The van der Waals surface area contributed by atoms with Crippen LogP contribution in [0.25, 0.3) is 0 Å². The lowest BCUT2D eigenvalue weighted by Gasteiger charge is -2.04. The zero-order chi connectivity index (χ0) is 11.4. The Balaban J connectivity index is 1.94. The number of benzene rings is 1.